The van der Waals surface area contributed by atoms with Crippen LogP contribution in [0.1, 0.15) is 32.4 Å². The molecule has 0 fully saturated rings. The van der Waals surface area contributed by atoms with Crippen molar-refractivity contribution in [3.8, 4) is 11.5 Å². The molecule has 1 aromatic rings. The summed E-state index contributed by atoms with van der Waals surface area (Å²) < 4.78 is 11.0. The van der Waals surface area contributed by atoms with E-state index < -0.39 is 0 Å². The lowest BCUT2D eigenvalue weighted by atomic mass is 10.1. The molecule has 0 aliphatic carbocycles. The maximum atomic E-state index is 11.6. The number of benzene rings is 1. The highest BCUT2D eigenvalue weighted by Gasteiger charge is 2.16. The molecule has 1 unspecified atom stereocenters. The van der Waals surface area contributed by atoms with Crippen molar-refractivity contribution in [2.75, 3.05) is 13.2 Å². The summed E-state index contributed by atoms with van der Waals surface area (Å²) in [7, 11) is 0. The molecule has 1 aliphatic rings. The zero-order valence-corrected chi connectivity index (χ0v) is 11.0. The number of ether oxygens (including phenoxy) is 2. The molecule has 1 amide bonds. The predicted octanol–water partition coefficient (Wildman–Crippen LogP) is 2.29. The Bertz CT molecular complexity index is 443. The molecular formula is C14H19NO3. The molecule has 18 heavy (non-hydrogen) atoms. The maximum Gasteiger partial charge on any atom is 0.223 e. The fourth-order valence-corrected chi connectivity index (χ4v) is 1.79. The van der Waals surface area contributed by atoms with Crippen molar-refractivity contribution in [3.05, 3.63) is 23.8 Å². The summed E-state index contributed by atoms with van der Waals surface area (Å²) in [5.74, 6) is 1.57. The average molecular weight is 249 g/mol. The van der Waals surface area contributed by atoms with Gasteiger partial charge in [-0.15, -0.1) is 0 Å². The van der Waals surface area contributed by atoms with Gasteiger partial charge in [0.05, 0.1) is 6.04 Å². The lowest BCUT2D eigenvalue weighted by Gasteiger charge is -2.21. The molecule has 0 spiro atoms. The van der Waals surface area contributed by atoms with Crippen LogP contribution in [-0.4, -0.2) is 19.1 Å². The average Bonchev–Trinajstić information content (AvgIpc) is 2.37. The van der Waals surface area contributed by atoms with Gasteiger partial charge in [-0.3, -0.25) is 4.79 Å². The first-order chi connectivity index (χ1) is 8.58. The quantitative estimate of drug-likeness (QED) is 0.894. The molecule has 0 saturated carbocycles. The molecule has 0 saturated heterocycles. The topological polar surface area (TPSA) is 47.6 Å². The smallest absolute Gasteiger partial charge is 0.223 e. The predicted molar refractivity (Wildman–Crippen MR) is 68.8 cm³/mol. The lowest BCUT2D eigenvalue weighted by Crippen LogP contribution is -2.30. The maximum absolute atomic E-state index is 11.6. The van der Waals surface area contributed by atoms with Crippen molar-refractivity contribution in [2.45, 2.75) is 26.8 Å². The standard InChI is InChI=1S/C14H19NO3/c1-9(2)14(16)15-10(3)11-4-5-12-13(8-11)18-7-6-17-12/h4-5,8-10H,6-7H2,1-3H3,(H,15,16). The first kappa shape index (κ1) is 12.7. The SMILES string of the molecule is CC(C)C(=O)NC(C)c1ccc2c(c1)OCCO2. The number of hydrogen-bond acceptors (Lipinski definition) is 3. The summed E-state index contributed by atoms with van der Waals surface area (Å²) in [6.45, 7) is 6.89. The van der Waals surface area contributed by atoms with Crippen molar-refractivity contribution in [3.63, 3.8) is 0 Å². The summed E-state index contributed by atoms with van der Waals surface area (Å²) in [6.07, 6.45) is 0. The number of nitrogens with one attached hydrogen (secondary N) is 1. The van der Waals surface area contributed by atoms with Crippen LogP contribution in [0, 0.1) is 5.92 Å². The highest BCUT2D eigenvalue weighted by atomic mass is 16.6. The Hall–Kier alpha value is -1.71. The second-order valence-corrected chi connectivity index (χ2v) is 4.79. The van der Waals surface area contributed by atoms with Gasteiger partial charge in [-0.2, -0.15) is 0 Å². The summed E-state index contributed by atoms with van der Waals surface area (Å²) in [4.78, 5) is 11.6. The molecule has 98 valence electrons. The first-order valence-corrected chi connectivity index (χ1v) is 6.28. The number of hydrogen-bond donors (Lipinski definition) is 1. The highest BCUT2D eigenvalue weighted by molar-refractivity contribution is 5.78. The fraction of sp³-hybridized carbons (Fsp3) is 0.500. The third-order valence-corrected chi connectivity index (χ3v) is 2.95. The molecule has 4 nitrogen and oxygen atoms in total. The second kappa shape index (κ2) is 5.29. The van der Waals surface area contributed by atoms with E-state index in [9.17, 15) is 4.79 Å². The minimum absolute atomic E-state index is 0.00957. The van der Waals surface area contributed by atoms with Crippen LogP contribution in [-0.2, 0) is 4.79 Å². The van der Waals surface area contributed by atoms with Crippen LogP contribution in [0.4, 0.5) is 0 Å². The molecule has 0 aromatic heterocycles. The van der Waals surface area contributed by atoms with Crippen LogP contribution in [0.3, 0.4) is 0 Å². The van der Waals surface area contributed by atoms with Gasteiger partial charge in [0.2, 0.25) is 5.91 Å². The van der Waals surface area contributed by atoms with E-state index in [4.69, 9.17) is 9.47 Å². The third kappa shape index (κ3) is 2.75. The first-order valence-electron chi connectivity index (χ1n) is 6.28. The van der Waals surface area contributed by atoms with E-state index in [1.165, 1.54) is 0 Å². The van der Waals surface area contributed by atoms with Crippen molar-refractivity contribution < 1.29 is 14.3 Å². The summed E-state index contributed by atoms with van der Waals surface area (Å²) >= 11 is 0. The Labute approximate surface area is 107 Å². The Balaban J connectivity index is 2.11. The zero-order valence-electron chi connectivity index (χ0n) is 11.0. The molecule has 1 aliphatic heterocycles. The van der Waals surface area contributed by atoms with E-state index >= 15 is 0 Å². The molecule has 0 radical (unpaired) electrons. The molecular weight excluding hydrogens is 230 g/mol. The fourth-order valence-electron chi connectivity index (χ4n) is 1.79. The van der Waals surface area contributed by atoms with Crippen LogP contribution in [0.15, 0.2) is 18.2 Å². The number of amides is 1. The van der Waals surface area contributed by atoms with Crippen LogP contribution >= 0.6 is 0 Å². The van der Waals surface area contributed by atoms with Crippen LogP contribution in [0.25, 0.3) is 0 Å². The van der Waals surface area contributed by atoms with Gasteiger partial charge >= 0.3 is 0 Å². The van der Waals surface area contributed by atoms with Crippen LogP contribution in [0.2, 0.25) is 0 Å². The number of carbonyl (C=O) groups is 1. The van der Waals surface area contributed by atoms with Crippen LogP contribution < -0.4 is 14.8 Å². The van der Waals surface area contributed by atoms with Gasteiger partial charge < -0.3 is 14.8 Å². The Morgan fingerprint density at radius 2 is 1.83 bits per heavy atom. The molecule has 1 atom stereocenters. The van der Waals surface area contributed by atoms with E-state index in [1.807, 2.05) is 39.0 Å². The molecule has 2 rings (SSSR count). The van der Waals surface area contributed by atoms with Gasteiger partial charge in [-0.25, -0.2) is 0 Å². The van der Waals surface area contributed by atoms with Crippen molar-refractivity contribution in [1.29, 1.82) is 0 Å². The van der Waals surface area contributed by atoms with Gasteiger partial charge in [0, 0.05) is 5.92 Å². The minimum atomic E-state index is -0.0317. The summed E-state index contributed by atoms with van der Waals surface area (Å²) in [5.41, 5.74) is 1.02. The molecule has 1 heterocycles. The van der Waals surface area contributed by atoms with Crippen LogP contribution in [0.5, 0.6) is 11.5 Å². The van der Waals surface area contributed by atoms with Crippen molar-refractivity contribution >= 4 is 5.91 Å². The number of fused-ring (bicyclic) bond motifs is 1. The van der Waals surface area contributed by atoms with Gasteiger partial charge in [0.25, 0.3) is 0 Å². The number of carbonyl (C=O) groups excluding carboxylic acids is 1. The Kier molecular flexibility index (Phi) is 3.75. The van der Waals surface area contributed by atoms with Gasteiger partial charge in [0.1, 0.15) is 13.2 Å². The molecule has 4 heteroatoms. The van der Waals surface area contributed by atoms with E-state index in [0.29, 0.717) is 13.2 Å². The Morgan fingerprint density at radius 1 is 1.17 bits per heavy atom. The normalized spacial score (nSPS) is 15.3. The van der Waals surface area contributed by atoms with Crippen molar-refractivity contribution in [1.82, 2.24) is 5.32 Å². The monoisotopic (exact) mass is 249 g/mol. The van der Waals surface area contributed by atoms with E-state index in [2.05, 4.69) is 5.32 Å². The van der Waals surface area contributed by atoms with E-state index in [1.54, 1.807) is 0 Å². The largest absolute Gasteiger partial charge is 0.486 e. The number of rotatable bonds is 3. The molecule has 1 N–H and O–H groups in total. The summed E-state index contributed by atoms with van der Waals surface area (Å²) in [6, 6.07) is 5.75. The highest BCUT2D eigenvalue weighted by Crippen LogP contribution is 2.32. The van der Waals surface area contributed by atoms with Gasteiger partial charge in [-0.1, -0.05) is 19.9 Å². The van der Waals surface area contributed by atoms with Crippen molar-refractivity contribution in [2.24, 2.45) is 5.92 Å². The second-order valence-electron chi connectivity index (χ2n) is 4.79. The third-order valence-electron chi connectivity index (χ3n) is 2.95. The van der Waals surface area contributed by atoms with Gasteiger partial charge in [-0.05, 0) is 24.6 Å². The Morgan fingerprint density at radius 3 is 2.50 bits per heavy atom. The molecule has 1 aromatic carbocycles. The van der Waals surface area contributed by atoms with E-state index in [0.717, 1.165) is 17.1 Å². The minimum Gasteiger partial charge on any atom is -0.486 e. The van der Waals surface area contributed by atoms with Gasteiger partial charge in [0.15, 0.2) is 11.5 Å². The molecule has 0 bridgehead atoms. The van der Waals surface area contributed by atoms with E-state index in [-0.39, 0.29) is 17.9 Å². The summed E-state index contributed by atoms with van der Waals surface area (Å²) in [5, 5.41) is 2.97. The lowest BCUT2D eigenvalue weighted by molar-refractivity contribution is -0.124. The zero-order chi connectivity index (χ0) is 13.1.